The van der Waals surface area contributed by atoms with Gasteiger partial charge in [-0.1, -0.05) is 12.1 Å². The summed E-state index contributed by atoms with van der Waals surface area (Å²) in [5.41, 5.74) is 6.41. The number of amides is 2. The minimum atomic E-state index is -0.438. The second-order valence-corrected chi connectivity index (χ2v) is 8.34. The van der Waals surface area contributed by atoms with Gasteiger partial charge in [0.2, 0.25) is 5.91 Å². The number of benzene rings is 1. The maximum absolute atomic E-state index is 12.0. The van der Waals surface area contributed by atoms with Gasteiger partial charge in [-0.05, 0) is 46.6 Å². The van der Waals surface area contributed by atoms with Gasteiger partial charge < -0.3 is 4.74 Å². The maximum Gasteiger partial charge on any atom is 0.276 e. The van der Waals surface area contributed by atoms with E-state index >= 15 is 0 Å². The second kappa shape index (κ2) is 9.12. The molecule has 0 unspecified atom stereocenters. The molecule has 0 fully saturated rings. The number of nitrogens with zero attached hydrogens (tertiary/aromatic N) is 1. The SMILES string of the molecule is Cc1cccc(OCC(=O)NNC(=O)Cc2csc(-c3cc(Br)cs3)n2)c1. The Labute approximate surface area is 172 Å². The van der Waals surface area contributed by atoms with Crippen LogP contribution in [-0.4, -0.2) is 23.4 Å². The fraction of sp³-hybridized carbons (Fsp3) is 0.167. The van der Waals surface area contributed by atoms with Gasteiger partial charge in [0.05, 0.1) is 17.0 Å². The number of rotatable bonds is 6. The minimum absolute atomic E-state index is 0.0854. The van der Waals surface area contributed by atoms with Crippen LogP contribution in [0.15, 0.2) is 45.6 Å². The van der Waals surface area contributed by atoms with E-state index in [1.807, 2.05) is 41.9 Å². The lowest BCUT2D eigenvalue weighted by Crippen LogP contribution is -2.44. The summed E-state index contributed by atoms with van der Waals surface area (Å²) in [7, 11) is 0. The van der Waals surface area contributed by atoms with Crippen molar-refractivity contribution >= 4 is 50.4 Å². The number of hydrazine groups is 1. The van der Waals surface area contributed by atoms with Gasteiger partial charge in [-0.3, -0.25) is 20.4 Å². The summed E-state index contributed by atoms with van der Waals surface area (Å²) in [5, 5.41) is 4.69. The molecule has 0 bridgehead atoms. The van der Waals surface area contributed by atoms with Crippen molar-refractivity contribution in [3.8, 4) is 15.6 Å². The summed E-state index contributed by atoms with van der Waals surface area (Å²) in [6.07, 6.45) is 0.0854. The number of carbonyl (C=O) groups is 2. The van der Waals surface area contributed by atoms with Gasteiger partial charge >= 0.3 is 0 Å². The molecule has 3 rings (SSSR count). The number of nitrogens with one attached hydrogen (secondary N) is 2. The number of thiophene rings is 1. The molecule has 2 aromatic heterocycles. The molecule has 2 N–H and O–H groups in total. The first-order chi connectivity index (χ1) is 13.0. The van der Waals surface area contributed by atoms with Gasteiger partial charge in [-0.15, -0.1) is 22.7 Å². The number of aryl methyl sites for hydroxylation is 1. The average Bonchev–Trinajstić information content (AvgIpc) is 3.27. The summed E-state index contributed by atoms with van der Waals surface area (Å²) in [4.78, 5) is 29.3. The highest BCUT2D eigenvalue weighted by Crippen LogP contribution is 2.32. The Morgan fingerprint density at radius 1 is 1.15 bits per heavy atom. The van der Waals surface area contributed by atoms with Gasteiger partial charge in [-0.2, -0.15) is 0 Å². The van der Waals surface area contributed by atoms with E-state index < -0.39 is 5.91 Å². The maximum atomic E-state index is 12.0. The predicted molar refractivity (Wildman–Crippen MR) is 110 cm³/mol. The Kier molecular flexibility index (Phi) is 6.59. The summed E-state index contributed by atoms with van der Waals surface area (Å²) in [6, 6.07) is 9.38. The first-order valence-corrected chi connectivity index (χ1v) is 10.5. The first-order valence-electron chi connectivity index (χ1n) is 7.95. The lowest BCUT2D eigenvalue weighted by molar-refractivity contribution is -0.129. The van der Waals surface area contributed by atoms with E-state index in [2.05, 4.69) is 31.8 Å². The van der Waals surface area contributed by atoms with Crippen LogP contribution in [0.4, 0.5) is 0 Å². The number of halogens is 1. The van der Waals surface area contributed by atoms with Crippen LogP contribution in [0.2, 0.25) is 0 Å². The molecule has 0 atom stereocenters. The van der Waals surface area contributed by atoms with Gasteiger partial charge in [0.25, 0.3) is 5.91 Å². The van der Waals surface area contributed by atoms with Crippen LogP contribution < -0.4 is 15.6 Å². The molecule has 0 aliphatic rings. The smallest absolute Gasteiger partial charge is 0.276 e. The van der Waals surface area contributed by atoms with Gasteiger partial charge in [0.15, 0.2) is 6.61 Å². The fourth-order valence-electron chi connectivity index (χ4n) is 2.16. The summed E-state index contributed by atoms with van der Waals surface area (Å²) >= 11 is 6.48. The zero-order valence-corrected chi connectivity index (χ0v) is 17.5. The van der Waals surface area contributed by atoms with Crippen LogP contribution in [0, 0.1) is 6.92 Å². The molecule has 0 radical (unpaired) electrons. The van der Waals surface area contributed by atoms with E-state index in [1.54, 1.807) is 17.4 Å². The van der Waals surface area contributed by atoms with Crippen molar-refractivity contribution in [2.45, 2.75) is 13.3 Å². The zero-order valence-electron chi connectivity index (χ0n) is 14.3. The Morgan fingerprint density at radius 2 is 1.96 bits per heavy atom. The van der Waals surface area contributed by atoms with E-state index in [9.17, 15) is 9.59 Å². The number of aromatic nitrogens is 1. The van der Waals surface area contributed by atoms with Crippen molar-refractivity contribution in [1.82, 2.24) is 15.8 Å². The molecule has 9 heteroatoms. The lowest BCUT2D eigenvalue weighted by atomic mass is 10.2. The molecular formula is C18H16BrN3O3S2. The van der Waals surface area contributed by atoms with Crippen molar-refractivity contribution in [3.63, 3.8) is 0 Å². The summed E-state index contributed by atoms with van der Waals surface area (Å²) in [6.45, 7) is 1.76. The molecule has 2 heterocycles. The number of carbonyl (C=O) groups excluding carboxylic acids is 2. The number of hydrogen-bond donors (Lipinski definition) is 2. The average molecular weight is 466 g/mol. The Morgan fingerprint density at radius 3 is 2.70 bits per heavy atom. The molecule has 0 saturated carbocycles. The van der Waals surface area contributed by atoms with E-state index in [0.717, 1.165) is 19.9 Å². The van der Waals surface area contributed by atoms with Gasteiger partial charge in [-0.25, -0.2) is 4.98 Å². The zero-order chi connectivity index (χ0) is 19.2. The van der Waals surface area contributed by atoms with E-state index in [0.29, 0.717) is 11.4 Å². The van der Waals surface area contributed by atoms with Crippen molar-refractivity contribution in [2.75, 3.05) is 6.61 Å². The molecule has 27 heavy (non-hydrogen) atoms. The van der Waals surface area contributed by atoms with Crippen LogP contribution >= 0.6 is 38.6 Å². The molecule has 0 aliphatic carbocycles. The second-order valence-electron chi connectivity index (χ2n) is 5.65. The molecule has 3 aromatic rings. The highest BCUT2D eigenvalue weighted by Gasteiger charge is 2.11. The first kappa shape index (κ1) is 19.5. The predicted octanol–water partition coefficient (Wildman–Crippen LogP) is 3.71. The summed E-state index contributed by atoms with van der Waals surface area (Å²) in [5.74, 6) is -0.179. The van der Waals surface area contributed by atoms with E-state index in [4.69, 9.17) is 4.74 Å². The third-order valence-electron chi connectivity index (χ3n) is 3.37. The standard InChI is InChI=1S/C18H16BrN3O3S2/c1-11-3-2-4-14(5-11)25-8-17(24)22-21-16(23)7-13-10-27-18(20-13)15-6-12(19)9-26-15/h2-6,9-10H,7-8H2,1H3,(H,21,23)(H,22,24). The van der Waals surface area contributed by atoms with Crippen LogP contribution in [0.1, 0.15) is 11.3 Å². The van der Waals surface area contributed by atoms with Crippen molar-refractivity contribution in [1.29, 1.82) is 0 Å². The van der Waals surface area contributed by atoms with Gasteiger partial charge in [0, 0.05) is 15.2 Å². The topological polar surface area (TPSA) is 80.3 Å². The molecule has 140 valence electrons. The highest BCUT2D eigenvalue weighted by molar-refractivity contribution is 9.10. The Hall–Kier alpha value is -2.23. The molecule has 0 aliphatic heterocycles. The number of hydrogen-bond acceptors (Lipinski definition) is 6. The molecule has 6 nitrogen and oxygen atoms in total. The molecule has 0 spiro atoms. The minimum Gasteiger partial charge on any atom is -0.484 e. The largest absolute Gasteiger partial charge is 0.484 e. The third-order valence-corrected chi connectivity index (χ3v) is 6.12. The molecular weight excluding hydrogens is 450 g/mol. The quantitative estimate of drug-likeness (QED) is 0.543. The Bertz CT molecular complexity index is 955. The van der Waals surface area contributed by atoms with Crippen molar-refractivity contribution in [2.24, 2.45) is 0 Å². The Balaban J connectivity index is 1.43. The lowest BCUT2D eigenvalue weighted by Gasteiger charge is -2.08. The van der Waals surface area contributed by atoms with Crippen LogP contribution in [0.25, 0.3) is 9.88 Å². The molecule has 2 amide bonds. The van der Waals surface area contributed by atoms with Gasteiger partial charge in [0.1, 0.15) is 10.8 Å². The highest BCUT2D eigenvalue weighted by atomic mass is 79.9. The van der Waals surface area contributed by atoms with E-state index in [-0.39, 0.29) is 18.9 Å². The van der Waals surface area contributed by atoms with Crippen LogP contribution in [0.5, 0.6) is 5.75 Å². The monoisotopic (exact) mass is 465 g/mol. The van der Waals surface area contributed by atoms with Crippen LogP contribution in [-0.2, 0) is 16.0 Å². The molecule has 1 aromatic carbocycles. The normalized spacial score (nSPS) is 10.4. The van der Waals surface area contributed by atoms with E-state index in [1.165, 1.54) is 11.3 Å². The van der Waals surface area contributed by atoms with Crippen molar-refractivity contribution in [3.05, 3.63) is 56.8 Å². The number of thiazole rings is 1. The number of ether oxygens (including phenoxy) is 1. The third kappa shape index (κ3) is 5.88. The van der Waals surface area contributed by atoms with Crippen LogP contribution in [0.3, 0.4) is 0 Å². The fourth-order valence-corrected chi connectivity index (χ4v) is 4.49. The molecule has 0 saturated heterocycles. The van der Waals surface area contributed by atoms with Crippen molar-refractivity contribution < 1.29 is 14.3 Å². The summed E-state index contributed by atoms with van der Waals surface area (Å²) < 4.78 is 6.38.